The smallest absolute Gasteiger partial charge is 0.411 e. The average molecular weight is 325 g/mol. The van der Waals surface area contributed by atoms with Crippen LogP contribution in [0, 0.1) is 0 Å². The fourth-order valence-corrected chi connectivity index (χ4v) is 3.06. The SMILES string of the molecule is CC(C)(C)OC(=O)N1CCCC(N)C1(C)c1ccc(Cl)cc1. The van der Waals surface area contributed by atoms with E-state index in [0.717, 1.165) is 18.4 Å². The lowest BCUT2D eigenvalue weighted by molar-refractivity contribution is -0.0187. The number of hydrogen-bond donors (Lipinski definition) is 1. The molecule has 1 aromatic carbocycles. The van der Waals surface area contributed by atoms with Gasteiger partial charge in [-0.3, -0.25) is 4.90 Å². The molecule has 1 aliphatic rings. The van der Waals surface area contributed by atoms with Gasteiger partial charge >= 0.3 is 6.09 Å². The first kappa shape index (κ1) is 17.1. The normalized spacial score (nSPS) is 25.9. The molecule has 1 fully saturated rings. The van der Waals surface area contributed by atoms with Gasteiger partial charge in [-0.1, -0.05) is 23.7 Å². The fraction of sp³-hybridized carbons (Fsp3) is 0.588. The maximum Gasteiger partial charge on any atom is 0.411 e. The number of hydrogen-bond acceptors (Lipinski definition) is 3. The third kappa shape index (κ3) is 3.39. The topological polar surface area (TPSA) is 55.6 Å². The van der Waals surface area contributed by atoms with Crippen LogP contribution in [0.4, 0.5) is 4.79 Å². The Kier molecular flexibility index (Phi) is 4.73. The Morgan fingerprint density at radius 3 is 2.50 bits per heavy atom. The van der Waals surface area contributed by atoms with E-state index in [4.69, 9.17) is 22.1 Å². The molecule has 0 aromatic heterocycles. The summed E-state index contributed by atoms with van der Waals surface area (Å²) in [6, 6.07) is 7.39. The van der Waals surface area contributed by atoms with Crippen molar-refractivity contribution in [1.82, 2.24) is 4.90 Å². The molecular formula is C17H25ClN2O2. The molecule has 2 rings (SSSR count). The summed E-state index contributed by atoms with van der Waals surface area (Å²) >= 11 is 5.98. The lowest BCUT2D eigenvalue weighted by Gasteiger charge is -2.49. The van der Waals surface area contributed by atoms with Crippen molar-refractivity contribution in [2.45, 2.75) is 57.7 Å². The first-order chi connectivity index (χ1) is 10.1. The second-order valence-electron chi connectivity index (χ2n) is 7.04. The van der Waals surface area contributed by atoms with Crippen LogP contribution in [0.2, 0.25) is 5.02 Å². The van der Waals surface area contributed by atoms with Gasteiger partial charge in [0.25, 0.3) is 0 Å². The van der Waals surface area contributed by atoms with Gasteiger partial charge in [0.05, 0.1) is 5.54 Å². The predicted octanol–water partition coefficient (Wildman–Crippen LogP) is 3.91. The molecule has 5 heteroatoms. The van der Waals surface area contributed by atoms with Crippen LogP contribution in [0.5, 0.6) is 0 Å². The minimum absolute atomic E-state index is 0.144. The van der Waals surface area contributed by atoms with Gasteiger partial charge in [-0.2, -0.15) is 0 Å². The van der Waals surface area contributed by atoms with Gasteiger partial charge in [-0.15, -0.1) is 0 Å². The van der Waals surface area contributed by atoms with Crippen LogP contribution in [-0.2, 0) is 10.3 Å². The minimum Gasteiger partial charge on any atom is -0.444 e. The molecule has 1 saturated heterocycles. The molecule has 2 N–H and O–H groups in total. The maximum atomic E-state index is 12.6. The second-order valence-corrected chi connectivity index (χ2v) is 7.47. The van der Waals surface area contributed by atoms with Gasteiger partial charge in [0.15, 0.2) is 0 Å². The Morgan fingerprint density at radius 2 is 1.95 bits per heavy atom. The molecule has 2 atom stereocenters. The van der Waals surface area contributed by atoms with Crippen LogP contribution in [0.15, 0.2) is 24.3 Å². The first-order valence-corrected chi connectivity index (χ1v) is 8.04. The van der Waals surface area contributed by atoms with Crippen molar-refractivity contribution < 1.29 is 9.53 Å². The summed E-state index contributed by atoms with van der Waals surface area (Å²) < 4.78 is 5.57. The number of amides is 1. The van der Waals surface area contributed by atoms with Gasteiger partial charge in [0.1, 0.15) is 5.60 Å². The molecule has 2 unspecified atom stereocenters. The number of likely N-dealkylation sites (tertiary alicyclic amines) is 1. The second kappa shape index (κ2) is 6.09. The number of carbonyl (C=O) groups is 1. The Bertz CT molecular complexity index is 539. The van der Waals surface area contributed by atoms with E-state index in [2.05, 4.69) is 0 Å². The number of nitrogens with zero attached hydrogens (tertiary/aromatic N) is 1. The predicted molar refractivity (Wildman–Crippen MR) is 89.0 cm³/mol. The van der Waals surface area contributed by atoms with E-state index in [-0.39, 0.29) is 12.1 Å². The van der Waals surface area contributed by atoms with Crippen molar-refractivity contribution in [3.8, 4) is 0 Å². The summed E-state index contributed by atoms with van der Waals surface area (Å²) in [6.45, 7) is 8.25. The molecule has 1 amide bonds. The van der Waals surface area contributed by atoms with Gasteiger partial charge < -0.3 is 10.5 Å². The van der Waals surface area contributed by atoms with Crippen LogP contribution in [0.3, 0.4) is 0 Å². The molecule has 4 nitrogen and oxygen atoms in total. The summed E-state index contributed by atoms with van der Waals surface area (Å²) in [7, 11) is 0. The standard InChI is InChI=1S/C17H25ClN2O2/c1-16(2,3)22-15(21)20-11-5-6-14(19)17(20,4)12-7-9-13(18)10-8-12/h7-10,14H,5-6,11,19H2,1-4H3. The van der Waals surface area contributed by atoms with Crippen LogP contribution in [0.1, 0.15) is 46.1 Å². The zero-order chi connectivity index (χ0) is 16.5. The highest BCUT2D eigenvalue weighted by Crippen LogP contribution is 2.38. The molecule has 1 aromatic rings. The van der Waals surface area contributed by atoms with E-state index in [1.54, 1.807) is 4.90 Å². The Morgan fingerprint density at radius 1 is 1.36 bits per heavy atom. The molecule has 1 heterocycles. The van der Waals surface area contributed by atoms with Crippen molar-refractivity contribution in [3.05, 3.63) is 34.9 Å². The molecular weight excluding hydrogens is 300 g/mol. The lowest BCUT2D eigenvalue weighted by Crippen LogP contribution is -2.61. The van der Waals surface area contributed by atoms with Crippen LogP contribution < -0.4 is 5.73 Å². The first-order valence-electron chi connectivity index (χ1n) is 7.67. The summed E-state index contributed by atoms with van der Waals surface area (Å²) in [5.74, 6) is 0. The highest BCUT2D eigenvalue weighted by molar-refractivity contribution is 6.30. The van der Waals surface area contributed by atoms with Crippen molar-refractivity contribution in [2.24, 2.45) is 5.73 Å². The van der Waals surface area contributed by atoms with E-state index in [1.807, 2.05) is 52.0 Å². The van der Waals surface area contributed by atoms with Crippen molar-refractivity contribution >= 4 is 17.7 Å². The third-order valence-corrected chi connectivity index (χ3v) is 4.47. The number of ether oxygens (including phenoxy) is 1. The lowest BCUT2D eigenvalue weighted by atomic mass is 9.78. The zero-order valence-electron chi connectivity index (χ0n) is 13.7. The largest absolute Gasteiger partial charge is 0.444 e. The molecule has 0 aliphatic carbocycles. The monoisotopic (exact) mass is 324 g/mol. The number of benzene rings is 1. The van der Waals surface area contributed by atoms with Crippen molar-refractivity contribution in [3.63, 3.8) is 0 Å². The number of piperidine rings is 1. The highest BCUT2D eigenvalue weighted by Gasteiger charge is 2.45. The molecule has 0 bridgehead atoms. The number of rotatable bonds is 1. The van der Waals surface area contributed by atoms with Crippen LogP contribution >= 0.6 is 11.6 Å². The molecule has 0 spiro atoms. The number of nitrogens with two attached hydrogens (primary N) is 1. The van der Waals surface area contributed by atoms with E-state index < -0.39 is 11.1 Å². The zero-order valence-corrected chi connectivity index (χ0v) is 14.5. The summed E-state index contributed by atoms with van der Waals surface area (Å²) in [4.78, 5) is 14.4. The maximum absolute atomic E-state index is 12.6. The van der Waals surface area contributed by atoms with Gasteiger partial charge in [0, 0.05) is 17.6 Å². The van der Waals surface area contributed by atoms with Crippen molar-refractivity contribution in [2.75, 3.05) is 6.54 Å². The van der Waals surface area contributed by atoms with Gasteiger partial charge in [0.2, 0.25) is 0 Å². The van der Waals surface area contributed by atoms with Crippen LogP contribution in [-0.4, -0.2) is 29.2 Å². The van der Waals surface area contributed by atoms with Gasteiger partial charge in [-0.05, 0) is 58.2 Å². The fourth-order valence-electron chi connectivity index (χ4n) is 2.94. The summed E-state index contributed by atoms with van der Waals surface area (Å²) in [5, 5.41) is 0.667. The molecule has 122 valence electrons. The third-order valence-electron chi connectivity index (χ3n) is 4.22. The number of carbonyl (C=O) groups excluding carboxylic acids is 1. The van der Waals surface area contributed by atoms with E-state index >= 15 is 0 Å². The quantitative estimate of drug-likeness (QED) is 0.852. The van der Waals surface area contributed by atoms with Gasteiger partial charge in [-0.25, -0.2) is 4.79 Å². The summed E-state index contributed by atoms with van der Waals surface area (Å²) in [6.07, 6.45) is 1.43. The van der Waals surface area contributed by atoms with E-state index in [1.165, 1.54) is 0 Å². The average Bonchev–Trinajstić information content (AvgIpc) is 2.40. The Labute approximate surface area is 137 Å². The minimum atomic E-state index is -0.592. The molecule has 0 radical (unpaired) electrons. The molecule has 22 heavy (non-hydrogen) atoms. The van der Waals surface area contributed by atoms with Crippen molar-refractivity contribution in [1.29, 1.82) is 0 Å². The van der Waals surface area contributed by atoms with E-state index in [9.17, 15) is 4.79 Å². The Hall–Kier alpha value is -1.26. The molecule has 0 saturated carbocycles. The molecule has 1 aliphatic heterocycles. The Balaban J connectivity index is 2.37. The summed E-state index contributed by atoms with van der Waals surface area (Å²) in [5.41, 5.74) is 6.25. The highest BCUT2D eigenvalue weighted by atomic mass is 35.5. The van der Waals surface area contributed by atoms with Crippen LogP contribution in [0.25, 0.3) is 0 Å². The van der Waals surface area contributed by atoms with E-state index in [0.29, 0.717) is 11.6 Å². The number of halogens is 1.